The van der Waals surface area contributed by atoms with Gasteiger partial charge in [0.05, 0.1) is 6.61 Å². The quantitative estimate of drug-likeness (QED) is 0.584. The zero-order chi connectivity index (χ0) is 8.27. The average Bonchev–Trinajstić information content (AvgIpc) is 1.85. The second-order valence-electron chi connectivity index (χ2n) is 3.02. The fourth-order valence-electron chi connectivity index (χ4n) is 1.23. The molecule has 0 aliphatic carbocycles. The molecular formula is C7H15IN2O. The van der Waals surface area contributed by atoms with Gasteiger partial charge in [0.25, 0.3) is 0 Å². The highest BCUT2D eigenvalue weighted by Crippen LogP contribution is 2.10. The van der Waals surface area contributed by atoms with Crippen LogP contribution in [-0.2, 0) is 4.74 Å². The third-order valence-electron chi connectivity index (χ3n) is 1.65. The first-order chi connectivity index (χ1) is 5.18. The molecule has 1 rings (SSSR count). The van der Waals surface area contributed by atoms with Gasteiger partial charge in [-0.2, -0.15) is 0 Å². The van der Waals surface area contributed by atoms with Crippen molar-refractivity contribution in [3.05, 3.63) is 0 Å². The van der Waals surface area contributed by atoms with E-state index in [9.17, 15) is 0 Å². The molecule has 1 aliphatic rings. The Bertz CT molecular complexity index is 119. The largest absolute Gasteiger partial charge is 0.365 e. The minimum Gasteiger partial charge on any atom is -0.365 e. The van der Waals surface area contributed by atoms with E-state index in [1.54, 1.807) is 0 Å². The maximum Gasteiger partial charge on any atom is 0.121 e. The van der Waals surface area contributed by atoms with Crippen LogP contribution in [0, 0.1) is 0 Å². The van der Waals surface area contributed by atoms with Crippen molar-refractivity contribution in [2.75, 3.05) is 26.2 Å². The highest BCUT2D eigenvalue weighted by atomic mass is 127. The molecule has 3 nitrogen and oxygen atoms in total. The Morgan fingerprint density at radius 3 is 3.09 bits per heavy atom. The van der Waals surface area contributed by atoms with Crippen molar-refractivity contribution in [1.82, 2.24) is 4.90 Å². The summed E-state index contributed by atoms with van der Waals surface area (Å²) in [6.07, 6.45) is 0. The molecule has 0 bridgehead atoms. The Morgan fingerprint density at radius 1 is 1.82 bits per heavy atom. The van der Waals surface area contributed by atoms with Crippen molar-refractivity contribution in [1.29, 1.82) is 0 Å². The Balaban J connectivity index is 2.23. The number of ether oxygens (including phenoxy) is 1. The molecule has 1 fully saturated rings. The summed E-state index contributed by atoms with van der Waals surface area (Å²) in [6, 6.07) is 0.275. The zero-order valence-corrected chi connectivity index (χ0v) is 8.95. The number of hydrogen-bond acceptors (Lipinski definition) is 3. The van der Waals surface area contributed by atoms with Crippen molar-refractivity contribution in [2.24, 2.45) is 5.73 Å². The summed E-state index contributed by atoms with van der Waals surface area (Å²) in [5, 5.41) is 0. The molecule has 1 aliphatic heterocycles. The molecule has 0 aromatic heterocycles. The van der Waals surface area contributed by atoms with E-state index in [2.05, 4.69) is 27.5 Å². The van der Waals surface area contributed by atoms with Crippen LogP contribution in [0.25, 0.3) is 0 Å². The Morgan fingerprint density at radius 2 is 2.55 bits per heavy atom. The molecule has 0 amide bonds. The molecule has 0 aromatic carbocycles. The molecule has 1 saturated heterocycles. The third kappa shape index (κ3) is 3.68. The van der Waals surface area contributed by atoms with Gasteiger partial charge in [-0.05, 0) is 29.5 Å². The lowest BCUT2D eigenvalue weighted by Crippen LogP contribution is -2.44. The third-order valence-corrected chi connectivity index (χ3v) is 2.41. The molecule has 0 saturated carbocycles. The smallest absolute Gasteiger partial charge is 0.121 e. The van der Waals surface area contributed by atoms with Gasteiger partial charge in [0, 0.05) is 25.7 Å². The van der Waals surface area contributed by atoms with E-state index in [0.717, 1.165) is 26.2 Å². The van der Waals surface area contributed by atoms with Gasteiger partial charge < -0.3 is 10.5 Å². The van der Waals surface area contributed by atoms with Crippen molar-refractivity contribution in [2.45, 2.75) is 17.1 Å². The number of halogens is 1. The molecule has 0 spiro atoms. The number of rotatable bonds is 2. The van der Waals surface area contributed by atoms with E-state index < -0.39 is 0 Å². The van der Waals surface area contributed by atoms with Crippen LogP contribution < -0.4 is 5.73 Å². The molecule has 4 heteroatoms. The Labute approximate surface area is 81.4 Å². The first kappa shape index (κ1) is 9.70. The molecule has 0 aromatic rings. The van der Waals surface area contributed by atoms with Gasteiger partial charge >= 0.3 is 0 Å². The lowest BCUT2D eigenvalue weighted by Gasteiger charge is -2.31. The minimum atomic E-state index is 0.275. The molecule has 2 N–H and O–H groups in total. The van der Waals surface area contributed by atoms with Crippen LogP contribution in [-0.4, -0.2) is 41.3 Å². The van der Waals surface area contributed by atoms with Crippen LogP contribution >= 0.6 is 22.6 Å². The van der Waals surface area contributed by atoms with Crippen LogP contribution in [0.15, 0.2) is 0 Å². The van der Waals surface area contributed by atoms with Gasteiger partial charge in [0.1, 0.15) is 4.11 Å². The summed E-state index contributed by atoms with van der Waals surface area (Å²) in [7, 11) is 0. The monoisotopic (exact) mass is 270 g/mol. The fraction of sp³-hybridized carbons (Fsp3) is 1.00. The average molecular weight is 270 g/mol. The van der Waals surface area contributed by atoms with Gasteiger partial charge in [-0.15, -0.1) is 0 Å². The normalized spacial score (nSPS) is 30.3. The summed E-state index contributed by atoms with van der Waals surface area (Å²) in [5.41, 5.74) is 5.68. The van der Waals surface area contributed by atoms with Gasteiger partial charge in [-0.1, -0.05) is 0 Å². The summed E-state index contributed by atoms with van der Waals surface area (Å²) >= 11 is 2.31. The fourth-order valence-corrected chi connectivity index (χ4v) is 2.04. The van der Waals surface area contributed by atoms with Gasteiger partial charge in [0.15, 0.2) is 0 Å². The lowest BCUT2D eigenvalue weighted by molar-refractivity contribution is 0.0251. The zero-order valence-electron chi connectivity index (χ0n) is 6.79. The van der Waals surface area contributed by atoms with Crippen LogP contribution in [0.1, 0.15) is 6.92 Å². The maximum absolute atomic E-state index is 5.68. The predicted octanol–water partition coefficient (Wildman–Crippen LogP) is 0.427. The predicted molar refractivity (Wildman–Crippen MR) is 53.8 cm³/mol. The SMILES string of the molecule is CC(N)CN1CCOC(I)C1. The van der Waals surface area contributed by atoms with E-state index in [-0.39, 0.29) is 6.04 Å². The molecular weight excluding hydrogens is 255 g/mol. The topological polar surface area (TPSA) is 38.5 Å². The van der Waals surface area contributed by atoms with E-state index in [0.29, 0.717) is 4.11 Å². The Kier molecular flexibility index (Phi) is 4.05. The molecule has 11 heavy (non-hydrogen) atoms. The number of alkyl halides is 1. The van der Waals surface area contributed by atoms with Crippen molar-refractivity contribution < 1.29 is 4.74 Å². The van der Waals surface area contributed by atoms with E-state index >= 15 is 0 Å². The number of nitrogens with two attached hydrogens (primary N) is 1. The number of hydrogen-bond donors (Lipinski definition) is 1. The van der Waals surface area contributed by atoms with E-state index in [4.69, 9.17) is 10.5 Å². The van der Waals surface area contributed by atoms with Crippen LogP contribution in [0.5, 0.6) is 0 Å². The first-order valence-electron chi connectivity index (χ1n) is 3.92. The highest BCUT2D eigenvalue weighted by molar-refractivity contribution is 14.1. The second-order valence-corrected chi connectivity index (χ2v) is 4.41. The van der Waals surface area contributed by atoms with Crippen LogP contribution in [0.4, 0.5) is 0 Å². The van der Waals surface area contributed by atoms with Crippen molar-refractivity contribution in [3.8, 4) is 0 Å². The van der Waals surface area contributed by atoms with E-state index in [1.165, 1.54) is 0 Å². The van der Waals surface area contributed by atoms with Crippen LogP contribution in [0.2, 0.25) is 0 Å². The molecule has 2 unspecified atom stereocenters. The lowest BCUT2D eigenvalue weighted by atomic mass is 10.3. The van der Waals surface area contributed by atoms with Crippen molar-refractivity contribution >= 4 is 22.6 Å². The van der Waals surface area contributed by atoms with Gasteiger partial charge in [0.2, 0.25) is 0 Å². The maximum atomic E-state index is 5.68. The summed E-state index contributed by atoms with van der Waals surface area (Å²) < 4.78 is 5.74. The summed E-state index contributed by atoms with van der Waals surface area (Å²) in [5.74, 6) is 0. The molecule has 0 radical (unpaired) electrons. The number of morpholine rings is 1. The highest BCUT2D eigenvalue weighted by Gasteiger charge is 2.17. The standard InChI is InChI=1S/C7H15IN2O/c1-6(9)4-10-2-3-11-7(8)5-10/h6-7H,2-5,9H2,1H3. The first-order valence-corrected chi connectivity index (χ1v) is 5.16. The molecule has 1 heterocycles. The van der Waals surface area contributed by atoms with Gasteiger partial charge in [-0.3, -0.25) is 4.90 Å². The Hall–Kier alpha value is 0.610. The summed E-state index contributed by atoms with van der Waals surface area (Å²) in [4.78, 5) is 2.35. The summed E-state index contributed by atoms with van der Waals surface area (Å²) in [6.45, 7) is 5.92. The van der Waals surface area contributed by atoms with Gasteiger partial charge in [-0.25, -0.2) is 0 Å². The van der Waals surface area contributed by atoms with E-state index in [1.807, 2.05) is 6.92 Å². The number of nitrogens with zero attached hydrogens (tertiary/aromatic N) is 1. The molecule has 2 atom stereocenters. The van der Waals surface area contributed by atoms with Crippen LogP contribution in [0.3, 0.4) is 0 Å². The molecule has 66 valence electrons. The van der Waals surface area contributed by atoms with Crippen molar-refractivity contribution in [3.63, 3.8) is 0 Å². The second kappa shape index (κ2) is 4.59. The minimum absolute atomic E-state index is 0.275.